The smallest absolute Gasteiger partial charge is 0.255 e. The normalized spacial score (nSPS) is 13.1. The average molecular weight is 409 g/mol. The number of carbonyl (C=O) groups excluding carboxylic acids is 2. The molecule has 154 valence electrons. The van der Waals surface area contributed by atoms with Crippen LogP contribution in [0.15, 0.2) is 72.8 Å². The fourth-order valence-corrected chi connectivity index (χ4v) is 4.20. The first kappa shape index (κ1) is 19.1. The van der Waals surface area contributed by atoms with E-state index in [0.29, 0.717) is 29.9 Å². The van der Waals surface area contributed by atoms with E-state index < -0.39 is 0 Å². The third-order valence-electron chi connectivity index (χ3n) is 5.94. The highest BCUT2D eigenvalue weighted by molar-refractivity contribution is 6.05. The van der Waals surface area contributed by atoms with Gasteiger partial charge in [-0.1, -0.05) is 42.5 Å². The summed E-state index contributed by atoms with van der Waals surface area (Å²) in [5.74, 6) is -0.208. The number of nitrogens with one attached hydrogen (secondary N) is 2. The Morgan fingerprint density at radius 1 is 0.935 bits per heavy atom. The molecule has 1 aliphatic heterocycles. The summed E-state index contributed by atoms with van der Waals surface area (Å²) in [6, 6.07) is 22.8. The number of aromatic nitrogens is 1. The van der Waals surface area contributed by atoms with Crippen LogP contribution in [0.3, 0.4) is 0 Å². The number of rotatable bonds is 3. The summed E-state index contributed by atoms with van der Waals surface area (Å²) in [4.78, 5) is 31.2. The van der Waals surface area contributed by atoms with E-state index in [1.807, 2.05) is 54.3 Å². The average Bonchev–Trinajstić information content (AvgIpc) is 3.18. The minimum absolute atomic E-state index is 0.0221. The zero-order valence-corrected chi connectivity index (χ0v) is 17.3. The van der Waals surface area contributed by atoms with Crippen LogP contribution in [0, 0.1) is 6.92 Å². The van der Waals surface area contributed by atoms with Crippen LogP contribution in [0.25, 0.3) is 10.9 Å². The number of benzene rings is 3. The van der Waals surface area contributed by atoms with E-state index in [-0.39, 0.29) is 11.8 Å². The number of fused-ring (bicyclic) bond motifs is 3. The van der Waals surface area contributed by atoms with Crippen molar-refractivity contribution in [1.82, 2.24) is 9.88 Å². The molecular weight excluding hydrogens is 386 g/mol. The van der Waals surface area contributed by atoms with Gasteiger partial charge in [-0.25, -0.2) is 0 Å². The van der Waals surface area contributed by atoms with Crippen molar-refractivity contribution in [1.29, 1.82) is 0 Å². The maximum Gasteiger partial charge on any atom is 0.255 e. The van der Waals surface area contributed by atoms with Crippen LogP contribution in [0.2, 0.25) is 0 Å². The van der Waals surface area contributed by atoms with Crippen LogP contribution in [-0.4, -0.2) is 28.2 Å². The highest BCUT2D eigenvalue weighted by atomic mass is 16.2. The van der Waals surface area contributed by atoms with Crippen molar-refractivity contribution in [3.05, 3.63) is 101 Å². The van der Waals surface area contributed by atoms with Crippen LogP contribution in [-0.2, 0) is 13.0 Å². The first-order chi connectivity index (χ1) is 15.1. The van der Waals surface area contributed by atoms with E-state index in [4.69, 9.17) is 0 Å². The van der Waals surface area contributed by atoms with E-state index >= 15 is 0 Å². The lowest BCUT2D eigenvalue weighted by Gasteiger charge is -2.27. The Balaban J connectivity index is 1.39. The maximum absolute atomic E-state index is 13.3. The van der Waals surface area contributed by atoms with Crippen LogP contribution in [0.5, 0.6) is 0 Å². The highest BCUT2D eigenvalue weighted by Crippen LogP contribution is 2.29. The molecule has 5 rings (SSSR count). The maximum atomic E-state index is 13.3. The molecule has 0 saturated carbocycles. The number of para-hydroxylation sites is 1. The summed E-state index contributed by atoms with van der Waals surface area (Å²) in [7, 11) is 0. The van der Waals surface area contributed by atoms with Crippen molar-refractivity contribution in [2.45, 2.75) is 19.9 Å². The van der Waals surface area contributed by atoms with Crippen molar-refractivity contribution in [2.24, 2.45) is 0 Å². The molecule has 4 aromatic rings. The van der Waals surface area contributed by atoms with Crippen molar-refractivity contribution in [2.75, 3.05) is 11.9 Å². The fourth-order valence-electron chi connectivity index (χ4n) is 4.20. The van der Waals surface area contributed by atoms with Gasteiger partial charge in [-0.2, -0.15) is 0 Å². The number of anilines is 1. The predicted octanol–water partition coefficient (Wildman–Crippen LogP) is 4.93. The molecule has 0 unspecified atom stereocenters. The standard InChI is InChI=1S/C26H23N3O2/c1-17-11-12-19(15-24(17)28-25(30)18-7-3-2-4-8-18)26(31)29-14-13-23-21(16-29)20-9-5-6-10-22(20)27-23/h2-12,15,27H,13-14,16H2,1H3,(H,28,30). The topological polar surface area (TPSA) is 65.2 Å². The molecule has 31 heavy (non-hydrogen) atoms. The molecule has 0 radical (unpaired) electrons. The minimum Gasteiger partial charge on any atom is -0.358 e. The molecule has 2 amide bonds. The second-order valence-electron chi connectivity index (χ2n) is 7.95. The molecular formula is C26H23N3O2. The van der Waals surface area contributed by atoms with Gasteiger partial charge in [0.1, 0.15) is 0 Å². The van der Waals surface area contributed by atoms with Gasteiger partial charge in [0.15, 0.2) is 0 Å². The third kappa shape index (κ3) is 3.59. The molecule has 5 heteroatoms. The molecule has 2 N–H and O–H groups in total. The number of hydrogen-bond donors (Lipinski definition) is 2. The van der Waals surface area contributed by atoms with Crippen molar-refractivity contribution < 1.29 is 9.59 Å². The van der Waals surface area contributed by atoms with E-state index in [9.17, 15) is 9.59 Å². The molecule has 0 aliphatic carbocycles. The zero-order chi connectivity index (χ0) is 21.4. The SMILES string of the molecule is Cc1ccc(C(=O)N2CCc3[nH]c4ccccc4c3C2)cc1NC(=O)c1ccccc1. The summed E-state index contributed by atoms with van der Waals surface area (Å²) in [5, 5.41) is 4.12. The van der Waals surface area contributed by atoms with Crippen molar-refractivity contribution in [3.63, 3.8) is 0 Å². The molecule has 0 fully saturated rings. The van der Waals surface area contributed by atoms with Crippen molar-refractivity contribution in [3.8, 4) is 0 Å². The van der Waals surface area contributed by atoms with E-state index in [0.717, 1.165) is 17.5 Å². The van der Waals surface area contributed by atoms with Crippen LogP contribution < -0.4 is 5.32 Å². The van der Waals surface area contributed by atoms with Gasteiger partial charge in [0.25, 0.3) is 11.8 Å². The zero-order valence-electron chi connectivity index (χ0n) is 17.3. The molecule has 3 aromatic carbocycles. The summed E-state index contributed by atoms with van der Waals surface area (Å²) in [6.07, 6.45) is 0.805. The second-order valence-corrected chi connectivity index (χ2v) is 7.95. The van der Waals surface area contributed by atoms with Crippen LogP contribution in [0.4, 0.5) is 5.69 Å². The molecule has 1 aromatic heterocycles. The van der Waals surface area contributed by atoms with Gasteiger partial charge in [0.2, 0.25) is 0 Å². The van der Waals surface area contributed by atoms with Gasteiger partial charge in [0, 0.05) is 58.5 Å². The highest BCUT2D eigenvalue weighted by Gasteiger charge is 2.25. The van der Waals surface area contributed by atoms with Gasteiger partial charge in [0.05, 0.1) is 0 Å². The number of aryl methyl sites for hydroxylation is 1. The Hall–Kier alpha value is -3.86. The lowest BCUT2D eigenvalue weighted by Crippen LogP contribution is -2.35. The number of nitrogens with zero attached hydrogens (tertiary/aromatic N) is 1. The lowest BCUT2D eigenvalue weighted by molar-refractivity contribution is 0.0735. The summed E-state index contributed by atoms with van der Waals surface area (Å²) < 4.78 is 0. The molecule has 0 atom stereocenters. The number of amides is 2. The van der Waals surface area contributed by atoms with Gasteiger partial charge in [-0.05, 0) is 42.8 Å². The van der Waals surface area contributed by atoms with Crippen molar-refractivity contribution >= 4 is 28.4 Å². The summed E-state index contributed by atoms with van der Waals surface area (Å²) in [5.41, 5.74) is 6.26. The number of H-pyrrole nitrogens is 1. The Bertz CT molecular complexity index is 1290. The largest absolute Gasteiger partial charge is 0.358 e. The fraction of sp³-hybridized carbons (Fsp3) is 0.154. The number of carbonyl (C=O) groups is 2. The minimum atomic E-state index is -0.185. The molecule has 0 saturated heterocycles. The summed E-state index contributed by atoms with van der Waals surface area (Å²) >= 11 is 0. The molecule has 0 spiro atoms. The molecule has 1 aliphatic rings. The van der Waals surface area contributed by atoms with E-state index in [1.54, 1.807) is 18.2 Å². The van der Waals surface area contributed by atoms with E-state index in [1.165, 1.54) is 16.6 Å². The van der Waals surface area contributed by atoms with Crippen LogP contribution in [0.1, 0.15) is 37.5 Å². The first-order valence-electron chi connectivity index (χ1n) is 10.4. The van der Waals surface area contributed by atoms with Gasteiger partial charge in [-0.3, -0.25) is 9.59 Å². The Kier molecular flexibility index (Phi) is 4.79. The number of hydrogen-bond acceptors (Lipinski definition) is 2. The molecule has 0 bridgehead atoms. The predicted molar refractivity (Wildman–Crippen MR) is 122 cm³/mol. The number of aromatic amines is 1. The van der Waals surface area contributed by atoms with Gasteiger partial charge < -0.3 is 15.2 Å². The first-order valence-corrected chi connectivity index (χ1v) is 10.4. The summed E-state index contributed by atoms with van der Waals surface area (Å²) in [6.45, 7) is 3.17. The Labute approximate surface area is 180 Å². The van der Waals surface area contributed by atoms with Gasteiger partial charge >= 0.3 is 0 Å². The van der Waals surface area contributed by atoms with Gasteiger partial charge in [-0.15, -0.1) is 0 Å². The van der Waals surface area contributed by atoms with E-state index in [2.05, 4.69) is 22.4 Å². The lowest BCUT2D eigenvalue weighted by atomic mass is 10.0. The quantitative estimate of drug-likeness (QED) is 0.504. The monoisotopic (exact) mass is 409 g/mol. The second kappa shape index (κ2) is 7.76. The molecule has 2 heterocycles. The van der Waals surface area contributed by atoms with Crippen LogP contribution >= 0.6 is 0 Å². The third-order valence-corrected chi connectivity index (χ3v) is 5.94. The Morgan fingerprint density at radius 2 is 1.71 bits per heavy atom. The molecule has 5 nitrogen and oxygen atoms in total. The Morgan fingerprint density at radius 3 is 2.55 bits per heavy atom.